The minimum atomic E-state index is 0. The van der Waals surface area contributed by atoms with Gasteiger partial charge in [0.1, 0.15) is 0 Å². The van der Waals surface area contributed by atoms with Crippen molar-refractivity contribution in [1.82, 2.24) is 10.6 Å². The van der Waals surface area contributed by atoms with Crippen LogP contribution in [0.5, 0.6) is 0 Å². The number of hydrogen-bond donors (Lipinski definition) is 2. The molecule has 0 amide bonds. The van der Waals surface area contributed by atoms with Gasteiger partial charge in [-0.1, -0.05) is 12.1 Å². The number of nitriles is 1. The van der Waals surface area contributed by atoms with Gasteiger partial charge in [0, 0.05) is 6.54 Å². The number of halogens is 1. The highest BCUT2D eigenvalue weighted by atomic mass is 127. The van der Waals surface area contributed by atoms with Crippen LogP contribution in [0.25, 0.3) is 0 Å². The second-order valence-electron chi connectivity index (χ2n) is 5.86. The lowest BCUT2D eigenvalue weighted by Gasteiger charge is -2.22. The lowest BCUT2D eigenvalue weighted by atomic mass is 9.96. The largest absolute Gasteiger partial charge is 0.373 e. The maximum absolute atomic E-state index is 8.82. The molecule has 0 saturated carbocycles. The molecule has 23 heavy (non-hydrogen) atoms. The SMILES string of the molecule is CCNC(=NCc1ccc(C#N)cc1)NC1CC2CCC1O2.I. The predicted molar refractivity (Wildman–Crippen MR) is 101 cm³/mol. The number of aliphatic imine (C=N–C) groups is 1. The third kappa shape index (κ3) is 4.58. The molecule has 2 saturated heterocycles. The van der Waals surface area contributed by atoms with Gasteiger partial charge in [-0.25, -0.2) is 4.99 Å². The number of nitrogens with one attached hydrogen (secondary N) is 2. The highest BCUT2D eigenvalue weighted by Crippen LogP contribution is 2.34. The first-order chi connectivity index (χ1) is 10.8. The lowest BCUT2D eigenvalue weighted by molar-refractivity contribution is 0.0992. The summed E-state index contributed by atoms with van der Waals surface area (Å²) >= 11 is 0. The summed E-state index contributed by atoms with van der Waals surface area (Å²) in [5.41, 5.74) is 1.78. The van der Waals surface area contributed by atoms with Crippen LogP contribution in [0.4, 0.5) is 0 Å². The second kappa shape index (κ2) is 8.50. The summed E-state index contributed by atoms with van der Waals surface area (Å²) in [5.74, 6) is 0.841. The number of rotatable bonds is 4. The summed E-state index contributed by atoms with van der Waals surface area (Å²) in [5, 5.41) is 15.6. The standard InChI is InChI=1S/C17H22N4O.HI/c1-2-19-17(21-15-9-14-7-8-16(15)22-14)20-11-13-5-3-12(10-18)4-6-13;/h3-6,14-16H,2,7-9,11H2,1H3,(H2,19,20,21);1H. The monoisotopic (exact) mass is 426 g/mol. The first-order valence-electron chi connectivity index (χ1n) is 7.98. The van der Waals surface area contributed by atoms with Gasteiger partial charge >= 0.3 is 0 Å². The van der Waals surface area contributed by atoms with Crippen molar-refractivity contribution in [3.63, 3.8) is 0 Å². The Balaban J connectivity index is 0.00000192. The van der Waals surface area contributed by atoms with E-state index in [4.69, 9.17) is 10.00 Å². The Morgan fingerprint density at radius 3 is 2.70 bits per heavy atom. The normalized spacial score (nSPS) is 25.6. The smallest absolute Gasteiger partial charge is 0.191 e. The molecule has 2 fully saturated rings. The Labute approximate surface area is 154 Å². The van der Waals surface area contributed by atoms with Crippen LogP contribution in [0.3, 0.4) is 0 Å². The Bertz CT molecular complexity index is 581. The molecule has 0 aromatic heterocycles. The predicted octanol–water partition coefficient (Wildman–Crippen LogP) is 2.55. The number of guanidine groups is 1. The van der Waals surface area contributed by atoms with Gasteiger partial charge in [0.05, 0.1) is 36.4 Å². The molecular formula is C17H23IN4O. The number of hydrogen-bond acceptors (Lipinski definition) is 3. The van der Waals surface area contributed by atoms with Gasteiger partial charge in [0.15, 0.2) is 5.96 Å². The summed E-state index contributed by atoms with van der Waals surface area (Å²) in [6.45, 7) is 3.50. The van der Waals surface area contributed by atoms with E-state index >= 15 is 0 Å². The van der Waals surface area contributed by atoms with Gasteiger partial charge in [0.25, 0.3) is 0 Å². The van der Waals surface area contributed by atoms with Crippen molar-refractivity contribution in [1.29, 1.82) is 5.26 Å². The second-order valence-corrected chi connectivity index (χ2v) is 5.86. The molecule has 2 aliphatic heterocycles. The fourth-order valence-electron chi connectivity index (χ4n) is 3.14. The zero-order valence-corrected chi connectivity index (χ0v) is 15.6. The highest BCUT2D eigenvalue weighted by molar-refractivity contribution is 14.0. The van der Waals surface area contributed by atoms with Gasteiger partial charge in [-0.3, -0.25) is 0 Å². The molecule has 3 rings (SSSR count). The Hall–Kier alpha value is -1.33. The first kappa shape index (κ1) is 18.0. The van der Waals surface area contributed by atoms with Gasteiger partial charge < -0.3 is 15.4 Å². The topological polar surface area (TPSA) is 69.4 Å². The van der Waals surface area contributed by atoms with E-state index in [2.05, 4.69) is 28.6 Å². The van der Waals surface area contributed by atoms with E-state index < -0.39 is 0 Å². The summed E-state index contributed by atoms with van der Waals surface area (Å²) in [4.78, 5) is 4.64. The summed E-state index contributed by atoms with van der Waals surface area (Å²) in [6.07, 6.45) is 4.19. The molecule has 0 aliphatic carbocycles. The maximum Gasteiger partial charge on any atom is 0.191 e. The molecule has 2 N–H and O–H groups in total. The van der Waals surface area contributed by atoms with Crippen molar-refractivity contribution in [3.05, 3.63) is 35.4 Å². The summed E-state index contributed by atoms with van der Waals surface area (Å²) < 4.78 is 5.88. The van der Waals surface area contributed by atoms with Crippen molar-refractivity contribution in [2.24, 2.45) is 4.99 Å². The van der Waals surface area contributed by atoms with E-state index in [-0.39, 0.29) is 24.0 Å². The first-order valence-corrected chi connectivity index (χ1v) is 7.98. The van der Waals surface area contributed by atoms with Gasteiger partial charge in [0.2, 0.25) is 0 Å². The summed E-state index contributed by atoms with van der Waals surface area (Å²) in [7, 11) is 0. The zero-order chi connectivity index (χ0) is 15.4. The molecule has 5 nitrogen and oxygen atoms in total. The maximum atomic E-state index is 8.82. The average molecular weight is 426 g/mol. The average Bonchev–Trinajstić information content (AvgIpc) is 3.16. The van der Waals surface area contributed by atoms with Crippen LogP contribution in [-0.4, -0.2) is 30.8 Å². The van der Waals surface area contributed by atoms with Crippen molar-refractivity contribution >= 4 is 29.9 Å². The molecule has 2 aliphatic rings. The molecule has 1 aromatic rings. The molecular weight excluding hydrogens is 403 g/mol. The van der Waals surface area contributed by atoms with E-state index in [0.29, 0.717) is 30.4 Å². The Morgan fingerprint density at radius 1 is 1.35 bits per heavy atom. The van der Waals surface area contributed by atoms with E-state index in [1.165, 1.54) is 6.42 Å². The number of nitrogens with zero attached hydrogens (tertiary/aromatic N) is 2. The molecule has 3 atom stereocenters. The van der Waals surface area contributed by atoms with Crippen LogP contribution >= 0.6 is 24.0 Å². The highest BCUT2D eigenvalue weighted by Gasteiger charge is 2.41. The zero-order valence-electron chi connectivity index (χ0n) is 13.3. The van der Waals surface area contributed by atoms with Crippen molar-refractivity contribution in [2.45, 2.75) is 51.0 Å². The summed E-state index contributed by atoms with van der Waals surface area (Å²) in [6, 6.07) is 10.1. The van der Waals surface area contributed by atoms with Crippen LogP contribution in [0, 0.1) is 11.3 Å². The van der Waals surface area contributed by atoms with E-state index in [1.54, 1.807) is 0 Å². The Kier molecular flexibility index (Phi) is 6.66. The number of benzene rings is 1. The molecule has 0 radical (unpaired) electrons. The quantitative estimate of drug-likeness (QED) is 0.441. The third-order valence-corrected chi connectivity index (χ3v) is 4.28. The van der Waals surface area contributed by atoms with E-state index in [9.17, 15) is 0 Å². The molecule has 1 aromatic carbocycles. The molecule has 3 unspecified atom stereocenters. The minimum absolute atomic E-state index is 0. The number of fused-ring (bicyclic) bond motifs is 2. The van der Waals surface area contributed by atoms with Crippen LogP contribution in [0.1, 0.15) is 37.3 Å². The van der Waals surface area contributed by atoms with E-state index in [1.807, 2.05) is 24.3 Å². The molecule has 124 valence electrons. The molecule has 6 heteroatoms. The van der Waals surface area contributed by atoms with Crippen molar-refractivity contribution in [3.8, 4) is 6.07 Å². The van der Waals surface area contributed by atoms with Crippen LogP contribution in [-0.2, 0) is 11.3 Å². The molecule has 2 bridgehead atoms. The van der Waals surface area contributed by atoms with Gasteiger partial charge in [-0.2, -0.15) is 5.26 Å². The van der Waals surface area contributed by atoms with Gasteiger partial charge in [-0.15, -0.1) is 24.0 Å². The number of ether oxygens (including phenoxy) is 1. The molecule has 2 heterocycles. The van der Waals surface area contributed by atoms with Crippen molar-refractivity contribution in [2.75, 3.05) is 6.54 Å². The Morgan fingerprint density at radius 2 is 2.13 bits per heavy atom. The van der Waals surface area contributed by atoms with Gasteiger partial charge in [-0.05, 0) is 43.9 Å². The van der Waals surface area contributed by atoms with E-state index in [0.717, 1.165) is 30.9 Å². The third-order valence-electron chi connectivity index (χ3n) is 4.28. The fraction of sp³-hybridized carbons (Fsp3) is 0.529. The van der Waals surface area contributed by atoms with Crippen LogP contribution < -0.4 is 10.6 Å². The fourth-order valence-corrected chi connectivity index (χ4v) is 3.14. The minimum Gasteiger partial charge on any atom is -0.373 e. The van der Waals surface area contributed by atoms with Crippen molar-refractivity contribution < 1.29 is 4.74 Å². The lowest BCUT2D eigenvalue weighted by Crippen LogP contribution is -2.47. The molecule has 0 spiro atoms. The van der Waals surface area contributed by atoms with Crippen LogP contribution in [0.15, 0.2) is 29.3 Å². The van der Waals surface area contributed by atoms with Crippen LogP contribution in [0.2, 0.25) is 0 Å².